The average Bonchev–Trinajstić information content (AvgIpc) is 3.29. The molecule has 1 unspecified atom stereocenters. The van der Waals surface area contributed by atoms with Crippen molar-refractivity contribution in [2.24, 2.45) is 11.7 Å². The Kier molecular flexibility index (Phi) is 6.45. The highest BCUT2D eigenvalue weighted by Gasteiger charge is 2.37. The number of carbonyl (C=O) groups excluding carboxylic acids is 2. The molecule has 3 N–H and O–H groups in total. The molecule has 36 heavy (non-hydrogen) atoms. The van der Waals surface area contributed by atoms with Gasteiger partial charge in [-0.1, -0.05) is 24.8 Å². The number of anilines is 1. The number of nitrogens with one attached hydrogen (secondary N) is 1. The van der Waals surface area contributed by atoms with Crippen LogP contribution in [0.2, 0.25) is 0 Å². The molecule has 1 atom stereocenters. The smallest absolute Gasteiger partial charge is 0.269 e. The molecule has 2 aliphatic heterocycles. The first-order chi connectivity index (χ1) is 17.5. The van der Waals surface area contributed by atoms with E-state index in [-0.39, 0.29) is 29.1 Å². The van der Waals surface area contributed by atoms with Gasteiger partial charge in [-0.05, 0) is 55.5 Å². The van der Waals surface area contributed by atoms with E-state index in [4.69, 9.17) is 15.6 Å². The van der Waals surface area contributed by atoms with Gasteiger partial charge in [0.05, 0.1) is 11.4 Å². The fourth-order valence-electron chi connectivity index (χ4n) is 5.22. The number of carbonyl (C=O) groups is 2. The quantitative estimate of drug-likeness (QED) is 0.505. The Morgan fingerprint density at radius 3 is 2.53 bits per heavy atom. The lowest BCUT2D eigenvalue weighted by Gasteiger charge is -2.37. The number of hydrogen-bond acceptors (Lipinski definition) is 5. The second-order valence-electron chi connectivity index (χ2n) is 9.10. The van der Waals surface area contributed by atoms with E-state index in [0.717, 1.165) is 19.3 Å². The number of para-hydroxylation sites is 1. The number of amides is 2. The van der Waals surface area contributed by atoms with Crippen LogP contribution in [0.25, 0.3) is 5.69 Å². The second kappa shape index (κ2) is 9.85. The zero-order chi connectivity index (χ0) is 25.2. The highest BCUT2D eigenvalue weighted by atomic mass is 19.1. The van der Waals surface area contributed by atoms with Crippen LogP contribution >= 0.6 is 0 Å². The molecule has 0 saturated carbocycles. The number of aromatic nitrogens is 2. The molecule has 186 valence electrons. The SMILES string of the molecule is C=CC(=O)N1CCC(C2CCNc3c2nn(-c2ccc(Oc4ccccc4)cc2F)c3C(N)=O)CC1. The molecule has 2 aromatic carbocycles. The van der Waals surface area contributed by atoms with Gasteiger partial charge in [-0.15, -0.1) is 0 Å². The van der Waals surface area contributed by atoms with Gasteiger partial charge in [0.15, 0.2) is 11.5 Å². The van der Waals surface area contributed by atoms with Crippen LogP contribution < -0.4 is 15.8 Å². The molecular formula is C27H28FN5O3. The summed E-state index contributed by atoms with van der Waals surface area (Å²) in [6.45, 7) is 5.52. The van der Waals surface area contributed by atoms with E-state index < -0.39 is 11.7 Å². The highest BCUT2D eigenvalue weighted by Crippen LogP contribution is 2.42. The predicted molar refractivity (Wildman–Crippen MR) is 134 cm³/mol. The van der Waals surface area contributed by atoms with Crippen LogP contribution in [-0.2, 0) is 4.79 Å². The Morgan fingerprint density at radius 1 is 1.11 bits per heavy atom. The van der Waals surface area contributed by atoms with Gasteiger partial charge in [-0.3, -0.25) is 9.59 Å². The lowest BCUT2D eigenvalue weighted by Crippen LogP contribution is -2.39. The second-order valence-corrected chi connectivity index (χ2v) is 9.10. The molecule has 1 saturated heterocycles. The van der Waals surface area contributed by atoms with Crippen molar-refractivity contribution in [2.45, 2.75) is 25.2 Å². The van der Waals surface area contributed by atoms with Crippen molar-refractivity contribution in [2.75, 3.05) is 25.0 Å². The van der Waals surface area contributed by atoms with Crippen LogP contribution in [-0.4, -0.2) is 46.1 Å². The topological polar surface area (TPSA) is 102 Å². The lowest BCUT2D eigenvalue weighted by molar-refractivity contribution is -0.127. The summed E-state index contributed by atoms with van der Waals surface area (Å²) in [6.07, 6.45) is 3.81. The zero-order valence-electron chi connectivity index (χ0n) is 19.8. The molecule has 0 spiro atoms. The minimum absolute atomic E-state index is 0.0603. The fraction of sp³-hybridized carbons (Fsp3) is 0.296. The first-order valence-electron chi connectivity index (χ1n) is 12.1. The summed E-state index contributed by atoms with van der Waals surface area (Å²) >= 11 is 0. The number of primary amides is 1. The third-order valence-electron chi connectivity index (χ3n) is 6.98. The predicted octanol–water partition coefficient (Wildman–Crippen LogP) is 4.23. The minimum atomic E-state index is -0.688. The normalized spacial score (nSPS) is 17.7. The lowest BCUT2D eigenvalue weighted by atomic mass is 9.78. The zero-order valence-corrected chi connectivity index (χ0v) is 19.8. The summed E-state index contributed by atoms with van der Waals surface area (Å²) in [7, 11) is 0. The van der Waals surface area contributed by atoms with Crippen LogP contribution in [0.1, 0.15) is 41.4 Å². The summed E-state index contributed by atoms with van der Waals surface area (Å²) in [5.74, 6) is -0.0526. The van der Waals surface area contributed by atoms with Crippen molar-refractivity contribution in [1.82, 2.24) is 14.7 Å². The van der Waals surface area contributed by atoms with Gasteiger partial charge in [0.2, 0.25) is 5.91 Å². The molecule has 9 heteroatoms. The van der Waals surface area contributed by atoms with E-state index >= 15 is 4.39 Å². The molecule has 3 heterocycles. The van der Waals surface area contributed by atoms with E-state index in [1.54, 1.807) is 23.1 Å². The molecule has 2 amide bonds. The summed E-state index contributed by atoms with van der Waals surface area (Å²) < 4.78 is 22.3. The number of fused-ring (bicyclic) bond motifs is 1. The van der Waals surface area contributed by atoms with Crippen molar-refractivity contribution in [1.29, 1.82) is 0 Å². The highest BCUT2D eigenvalue weighted by molar-refractivity contribution is 5.98. The van der Waals surface area contributed by atoms with E-state index in [2.05, 4.69) is 11.9 Å². The standard InChI is InChI=1S/C27H28FN5O3/c1-2-23(34)32-14-11-17(12-15-32)20-10-13-30-25-24(20)31-33(26(25)27(29)35)22-9-8-19(16-21(22)28)36-18-6-4-3-5-7-18/h2-9,16-17,20,30H,1,10-15H2,(H2,29,35). The van der Waals surface area contributed by atoms with Crippen molar-refractivity contribution in [3.8, 4) is 17.2 Å². The van der Waals surface area contributed by atoms with Crippen LogP contribution in [0.15, 0.2) is 61.2 Å². The van der Waals surface area contributed by atoms with Gasteiger partial charge in [-0.25, -0.2) is 9.07 Å². The summed E-state index contributed by atoms with van der Waals surface area (Å²) in [5, 5.41) is 7.98. The molecule has 0 radical (unpaired) electrons. The van der Waals surface area contributed by atoms with Crippen LogP contribution in [0.4, 0.5) is 10.1 Å². The number of nitrogens with two attached hydrogens (primary N) is 1. The number of ether oxygens (including phenoxy) is 1. The van der Waals surface area contributed by atoms with Crippen LogP contribution in [0, 0.1) is 11.7 Å². The monoisotopic (exact) mass is 489 g/mol. The number of halogens is 1. The third kappa shape index (κ3) is 4.44. The molecule has 1 aromatic heterocycles. The average molecular weight is 490 g/mol. The third-order valence-corrected chi connectivity index (χ3v) is 6.98. The van der Waals surface area contributed by atoms with Gasteiger partial charge in [-0.2, -0.15) is 5.10 Å². The number of nitrogens with zero attached hydrogens (tertiary/aromatic N) is 3. The number of hydrogen-bond donors (Lipinski definition) is 2. The Labute approximate surface area is 208 Å². The van der Waals surface area contributed by atoms with Crippen molar-refractivity contribution in [3.05, 3.63) is 78.4 Å². The van der Waals surface area contributed by atoms with Crippen LogP contribution in [0.3, 0.4) is 0 Å². The molecule has 8 nitrogen and oxygen atoms in total. The maximum atomic E-state index is 15.3. The Morgan fingerprint density at radius 2 is 1.86 bits per heavy atom. The van der Waals surface area contributed by atoms with Crippen molar-refractivity contribution < 1.29 is 18.7 Å². The number of rotatable bonds is 6. The van der Waals surface area contributed by atoms with Gasteiger partial charge >= 0.3 is 0 Å². The Hall–Kier alpha value is -4.14. The van der Waals surface area contributed by atoms with Crippen LogP contribution in [0.5, 0.6) is 11.5 Å². The molecule has 3 aromatic rings. The summed E-state index contributed by atoms with van der Waals surface area (Å²) in [4.78, 5) is 26.3. The van der Waals surface area contributed by atoms with Crippen molar-refractivity contribution in [3.63, 3.8) is 0 Å². The minimum Gasteiger partial charge on any atom is -0.457 e. The molecule has 0 bridgehead atoms. The van der Waals surface area contributed by atoms with Crippen molar-refractivity contribution >= 4 is 17.5 Å². The maximum absolute atomic E-state index is 15.3. The van der Waals surface area contributed by atoms with Gasteiger partial charge in [0.25, 0.3) is 5.91 Å². The molecule has 1 fully saturated rings. The van der Waals surface area contributed by atoms with Gasteiger partial charge in [0.1, 0.15) is 17.2 Å². The van der Waals surface area contributed by atoms with Gasteiger partial charge in [0, 0.05) is 31.6 Å². The summed E-state index contributed by atoms with van der Waals surface area (Å²) in [5.41, 5.74) is 7.28. The van der Waals surface area contributed by atoms with E-state index in [0.29, 0.717) is 42.5 Å². The molecule has 2 aliphatic rings. The fourth-order valence-corrected chi connectivity index (χ4v) is 5.22. The van der Waals surface area contributed by atoms with E-state index in [1.165, 1.54) is 22.9 Å². The molecule has 5 rings (SSSR count). The molecular weight excluding hydrogens is 461 g/mol. The van der Waals surface area contributed by atoms with E-state index in [9.17, 15) is 9.59 Å². The molecule has 0 aliphatic carbocycles. The number of benzene rings is 2. The first-order valence-corrected chi connectivity index (χ1v) is 12.1. The number of piperidine rings is 1. The van der Waals surface area contributed by atoms with E-state index in [1.807, 2.05) is 18.2 Å². The van der Waals surface area contributed by atoms with Gasteiger partial charge < -0.3 is 20.7 Å². The Balaban J connectivity index is 1.45. The Bertz CT molecular complexity index is 1300. The number of likely N-dealkylation sites (tertiary alicyclic amines) is 1. The first kappa shape index (κ1) is 23.6. The summed E-state index contributed by atoms with van der Waals surface area (Å²) in [6, 6.07) is 13.5. The largest absolute Gasteiger partial charge is 0.457 e. The maximum Gasteiger partial charge on any atom is 0.269 e.